The first-order valence-electron chi connectivity index (χ1n) is 7.69. The predicted octanol–water partition coefficient (Wildman–Crippen LogP) is 2.96. The second-order valence-electron chi connectivity index (χ2n) is 5.74. The van der Waals surface area contributed by atoms with Gasteiger partial charge in [0.05, 0.1) is 4.90 Å². The molecule has 0 unspecified atom stereocenters. The van der Waals surface area contributed by atoms with Crippen molar-refractivity contribution in [2.24, 2.45) is 0 Å². The van der Waals surface area contributed by atoms with Crippen molar-refractivity contribution >= 4 is 10.0 Å². The Morgan fingerprint density at radius 1 is 1.19 bits per heavy atom. The zero-order chi connectivity index (χ0) is 15.9. The molecule has 1 rings (SSSR count). The van der Waals surface area contributed by atoms with Gasteiger partial charge in [-0.1, -0.05) is 45.7 Å². The molecule has 1 aromatic carbocycles. The van der Waals surface area contributed by atoms with Crippen LogP contribution in [0.3, 0.4) is 0 Å². The zero-order valence-electron chi connectivity index (χ0n) is 13.6. The van der Waals surface area contributed by atoms with Crippen molar-refractivity contribution < 1.29 is 8.42 Å². The summed E-state index contributed by atoms with van der Waals surface area (Å²) in [7, 11) is -3.41. The van der Waals surface area contributed by atoms with Gasteiger partial charge in [0, 0.05) is 19.1 Å². The van der Waals surface area contributed by atoms with Crippen molar-refractivity contribution in [2.45, 2.75) is 64.4 Å². The summed E-state index contributed by atoms with van der Waals surface area (Å²) >= 11 is 0. The fourth-order valence-corrected chi connectivity index (χ4v) is 3.39. The van der Waals surface area contributed by atoms with Gasteiger partial charge in [-0.05, 0) is 30.5 Å². The van der Waals surface area contributed by atoms with E-state index in [1.54, 1.807) is 6.07 Å². The maximum atomic E-state index is 12.4. The van der Waals surface area contributed by atoms with Gasteiger partial charge in [0.25, 0.3) is 0 Å². The monoisotopic (exact) mass is 312 g/mol. The number of unbranched alkanes of at least 4 members (excludes halogenated alkanes) is 2. The Bertz CT molecular complexity index is 539. The largest absolute Gasteiger partial charge is 0.310 e. The van der Waals surface area contributed by atoms with E-state index in [0.29, 0.717) is 24.0 Å². The van der Waals surface area contributed by atoms with Gasteiger partial charge >= 0.3 is 0 Å². The molecule has 0 saturated carbocycles. The third-order valence-electron chi connectivity index (χ3n) is 3.33. The number of benzene rings is 1. The summed E-state index contributed by atoms with van der Waals surface area (Å²) < 4.78 is 27.4. The summed E-state index contributed by atoms with van der Waals surface area (Å²) in [5.74, 6) is 0. The van der Waals surface area contributed by atoms with Gasteiger partial charge in [0.15, 0.2) is 0 Å². The molecule has 0 aliphatic carbocycles. The highest BCUT2D eigenvalue weighted by atomic mass is 32.2. The normalized spacial score (nSPS) is 12.0. The predicted molar refractivity (Wildman–Crippen MR) is 87.9 cm³/mol. The van der Waals surface area contributed by atoms with Crippen molar-refractivity contribution in [3.8, 4) is 0 Å². The van der Waals surface area contributed by atoms with Crippen LogP contribution in [-0.2, 0) is 16.6 Å². The van der Waals surface area contributed by atoms with Crippen LogP contribution in [-0.4, -0.2) is 21.0 Å². The van der Waals surface area contributed by atoms with Crippen molar-refractivity contribution in [2.75, 3.05) is 6.54 Å². The van der Waals surface area contributed by atoms with E-state index in [2.05, 4.69) is 30.8 Å². The molecule has 0 aliphatic rings. The molecule has 0 saturated heterocycles. The fraction of sp³-hybridized carbons (Fsp3) is 0.625. The smallest absolute Gasteiger partial charge is 0.240 e. The van der Waals surface area contributed by atoms with E-state index >= 15 is 0 Å². The van der Waals surface area contributed by atoms with Crippen LogP contribution in [0.2, 0.25) is 0 Å². The van der Waals surface area contributed by atoms with E-state index < -0.39 is 10.0 Å². The molecule has 5 heteroatoms. The molecule has 0 fully saturated rings. The quantitative estimate of drug-likeness (QED) is 0.689. The first-order valence-corrected chi connectivity index (χ1v) is 9.17. The summed E-state index contributed by atoms with van der Waals surface area (Å²) in [5, 5.41) is 3.30. The molecule has 0 aromatic heterocycles. The van der Waals surface area contributed by atoms with Crippen LogP contribution < -0.4 is 10.0 Å². The van der Waals surface area contributed by atoms with Crippen molar-refractivity contribution in [1.29, 1.82) is 0 Å². The third-order valence-corrected chi connectivity index (χ3v) is 4.93. The van der Waals surface area contributed by atoms with Crippen LogP contribution in [0.4, 0.5) is 0 Å². The summed E-state index contributed by atoms with van der Waals surface area (Å²) in [5.41, 5.74) is 1.77. The Hall–Kier alpha value is -0.910. The molecule has 0 heterocycles. The Morgan fingerprint density at radius 3 is 2.52 bits per heavy atom. The average Bonchev–Trinajstić information content (AvgIpc) is 2.42. The van der Waals surface area contributed by atoms with Crippen LogP contribution in [0.5, 0.6) is 0 Å². The maximum Gasteiger partial charge on any atom is 0.240 e. The summed E-state index contributed by atoms with van der Waals surface area (Å²) in [4.78, 5) is 0.391. The zero-order valence-corrected chi connectivity index (χ0v) is 14.4. The molecule has 1 aromatic rings. The second kappa shape index (κ2) is 8.51. The lowest BCUT2D eigenvalue weighted by atomic mass is 10.1. The van der Waals surface area contributed by atoms with E-state index in [-0.39, 0.29) is 0 Å². The molecule has 0 aliphatic heterocycles. The van der Waals surface area contributed by atoms with Crippen LogP contribution in [0.25, 0.3) is 0 Å². The first-order chi connectivity index (χ1) is 9.86. The van der Waals surface area contributed by atoms with Crippen LogP contribution in [0.1, 0.15) is 51.2 Å². The molecule has 21 heavy (non-hydrogen) atoms. The second-order valence-corrected chi connectivity index (χ2v) is 7.48. The van der Waals surface area contributed by atoms with Gasteiger partial charge in [0.2, 0.25) is 10.0 Å². The summed E-state index contributed by atoms with van der Waals surface area (Å²) in [6.07, 6.45) is 3.00. The van der Waals surface area contributed by atoms with E-state index in [4.69, 9.17) is 0 Å². The van der Waals surface area contributed by atoms with Crippen LogP contribution in [0.15, 0.2) is 23.1 Å². The van der Waals surface area contributed by atoms with E-state index in [1.165, 1.54) is 0 Å². The first kappa shape index (κ1) is 18.1. The molecular formula is C16H28N2O2S. The average molecular weight is 312 g/mol. The number of aryl methyl sites for hydroxylation is 1. The SMILES string of the molecule is CCCCCNS(=O)(=O)c1cc(CNC(C)C)ccc1C. The Kier molecular flexibility index (Phi) is 7.35. The lowest BCUT2D eigenvalue weighted by Crippen LogP contribution is -2.26. The van der Waals surface area contributed by atoms with Crippen LogP contribution >= 0.6 is 0 Å². The van der Waals surface area contributed by atoms with Gasteiger partial charge in [-0.3, -0.25) is 0 Å². The number of nitrogens with one attached hydrogen (secondary N) is 2. The number of rotatable bonds is 9. The topological polar surface area (TPSA) is 58.2 Å². The van der Waals surface area contributed by atoms with Gasteiger partial charge in [0.1, 0.15) is 0 Å². The van der Waals surface area contributed by atoms with E-state index in [1.807, 2.05) is 19.1 Å². The van der Waals surface area contributed by atoms with Gasteiger partial charge in [-0.25, -0.2) is 13.1 Å². The van der Waals surface area contributed by atoms with Gasteiger partial charge in [-0.15, -0.1) is 0 Å². The lowest BCUT2D eigenvalue weighted by Gasteiger charge is -2.13. The molecule has 0 radical (unpaired) electrons. The Balaban J connectivity index is 2.81. The number of sulfonamides is 1. The minimum Gasteiger partial charge on any atom is -0.310 e. The maximum absolute atomic E-state index is 12.4. The Labute approximate surface area is 129 Å². The lowest BCUT2D eigenvalue weighted by molar-refractivity contribution is 0.573. The fourth-order valence-electron chi connectivity index (χ4n) is 2.03. The molecule has 0 bridgehead atoms. The number of hydrogen-bond donors (Lipinski definition) is 2. The molecule has 120 valence electrons. The Morgan fingerprint density at radius 2 is 1.90 bits per heavy atom. The summed E-state index contributed by atoms with van der Waals surface area (Å²) in [6.45, 7) is 9.26. The van der Waals surface area contributed by atoms with Crippen molar-refractivity contribution in [3.63, 3.8) is 0 Å². The highest BCUT2D eigenvalue weighted by Crippen LogP contribution is 2.17. The van der Waals surface area contributed by atoms with E-state index in [9.17, 15) is 8.42 Å². The van der Waals surface area contributed by atoms with Crippen molar-refractivity contribution in [3.05, 3.63) is 29.3 Å². The molecule has 2 N–H and O–H groups in total. The minimum absolute atomic E-state index is 0.374. The minimum atomic E-state index is -3.41. The summed E-state index contributed by atoms with van der Waals surface area (Å²) in [6, 6.07) is 5.99. The highest BCUT2D eigenvalue weighted by molar-refractivity contribution is 7.89. The van der Waals surface area contributed by atoms with Gasteiger partial charge < -0.3 is 5.32 Å². The highest BCUT2D eigenvalue weighted by Gasteiger charge is 2.16. The molecule has 4 nitrogen and oxygen atoms in total. The number of hydrogen-bond acceptors (Lipinski definition) is 3. The third kappa shape index (κ3) is 6.16. The van der Waals surface area contributed by atoms with Crippen LogP contribution in [0, 0.1) is 6.92 Å². The van der Waals surface area contributed by atoms with Gasteiger partial charge in [-0.2, -0.15) is 0 Å². The van der Waals surface area contributed by atoms with Crippen molar-refractivity contribution in [1.82, 2.24) is 10.0 Å². The molecule has 0 spiro atoms. The molecular weight excluding hydrogens is 284 g/mol. The standard InChI is InChI=1S/C16H28N2O2S/c1-5-6-7-10-18-21(19,20)16-11-15(9-8-14(16)4)12-17-13(2)3/h8-9,11,13,17-18H,5-7,10,12H2,1-4H3. The molecule has 0 atom stereocenters. The molecule has 0 amide bonds. The van der Waals surface area contributed by atoms with E-state index in [0.717, 1.165) is 30.4 Å².